The smallest absolute Gasteiger partial charge is 0.165 e. The Morgan fingerprint density at radius 1 is 1.13 bits per heavy atom. The lowest BCUT2D eigenvalue weighted by Gasteiger charge is -2.29. The third kappa shape index (κ3) is 1.67. The Labute approximate surface area is 89.4 Å². The molecule has 0 bridgehead atoms. The first kappa shape index (κ1) is 9.33. The van der Waals surface area contributed by atoms with Crippen molar-refractivity contribution in [3.05, 3.63) is 35.4 Å². The second-order valence-electron chi connectivity index (χ2n) is 4.05. The lowest BCUT2D eigenvalue weighted by Crippen LogP contribution is -2.35. The van der Waals surface area contributed by atoms with E-state index in [4.69, 9.17) is 9.47 Å². The first-order valence-electron chi connectivity index (χ1n) is 5.47. The highest BCUT2D eigenvalue weighted by molar-refractivity contribution is 5.33. The molecule has 2 aliphatic rings. The average Bonchev–Trinajstić information content (AvgIpc) is 2.82. The summed E-state index contributed by atoms with van der Waals surface area (Å²) in [7, 11) is 0. The third-order valence-electron chi connectivity index (χ3n) is 3.11. The molecule has 0 saturated carbocycles. The van der Waals surface area contributed by atoms with E-state index in [1.165, 1.54) is 11.1 Å². The molecule has 2 heterocycles. The SMILES string of the molecule is c1ccc2c(c1)CNCC2C1OCCO1. The fourth-order valence-electron chi connectivity index (χ4n) is 2.38. The second-order valence-corrected chi connectivity index (χ2v) is 4.05. The van der Waals surface area contributed by atoms with Gasteiger partial charge in [0, 0.05) is 19.0 Å². The number of rotatable bonds is 1. The van der Waals surface area contributed by atoms with Gasteiger partial charge in [0.2, 0.25) is 0 Å². The summed E-state index contributed by atoms with van der Waals surface area (Å²) in [5, 5.41) is 3.41. The lowest BCUT2D eigenvalue weighted by atomic mass is 9.90. The third-order valence-corrected chi connectivity index (χ3v) is 3.11. The molecule has 1 aromatic rings. The van der Waals surface area contributed by atoms with Gasteiger partial charge < -0.3 is 14.8 Å². The Hall–Kier alpha value is -0.900. The number of ether oxygens (including phenoxy) is 2. The fourth-order valence-corrected chi connectivity index (χ4v) is 2.38. The molecule has 3 rings (SSSR count). The van der Waals surface area contributed by atoms with Crippen LogP contribution in [0.3, 0.4) is 0 Å². The maximum absolute atomic E-state index is 5.59. The molecule has 2 aliphatic heterocycles. The van der Waals surface area contributed by atoms with E-state index >= 15 is 0 Å². The Kier molecular flexibility index (Phi) is 2.44. The highest BCUT2D eigenvalue weighted by Crippen LogP contribution is 2.30. The minimum Gasteiger partial charge on any atom is -0.350 e. The van der Waals surface area contributed by atoms with Crippen molar-refractivity contribution in [3.63, 3.8) is 0 Å². The maximum atomic E-state index is 5.59. The van der Waals surface area contributed by atoms with Crippen LogP contribution in [0.25, 0.3) is 0 Å². The van der Waals surface area contributed by atoms with Crippen LogP contribution in [-0.2, 0) is 16.0 Å². The molecule has 3 heteroatoms. The lowest BCUT2D eigenvalue weighted by molar-refractivity contribution is -0.0619. The van der Waals surface area contributed by atoms with Crippen molar-refractivity contribution < 1.29 is 9.47 Å². The molecule has 1 fully saturated rings. The zero-order chi connectivity index (χ0) is 10.1. The monoisotopic (exact) mass is 205 g/mol. The van der Waals surface area contributed by atoms with Crippen LogP contribution in [0.2, 0.25) is 0 Å². The minimum absolute atomic E-state index is 0.0565. The van der Waals surface area contributed by atoms with E-state index in [0.717, 1.165) is 26.3 Å². The molecular weight excluding hydrogens is 190 g/mol. The first-order valence-corrected chi connectivity index (χ1v) is 5.47. The average molecular weight is 205 g/mol. The van der Waals surface area contributed by atoms with Crippen LogP contribution in [0, 0.1) is 0 Å². The first-order chi connectivity index (χ1) is 7.45. The van der Waals surface area contributed by atoms with Gasteiger partial charge in [-0.3, -0.25) is 0 Å². The molecule has 15 heavy (non-hydrogen) atoms. The van der Waals surface area contributed by atoms with Gasteiger partial charge in [-0.05, 0) is 11.1 Å². The molecule has 1 unspecified atom stereocenters. The molecule has 0 amide bonds. The van der Waals surface area contributed by atoms with E-state index < -0.39 is 0 Å². The number of benzene rings is 1. The van der Waals surface area contributed by atoms with Crippen molar-refractivity contribution in [2.24, 2.45) is 0 Å². The van der Waals surface area contributed by atoms with Gasteiger partial charge in [-0.2, -0.15) is 0 Å². The van der Waals surface area contributed by atoms with Crippen LogP contribution < -0.4 is 5.32 Å². The topological polar surface area (TPSA) is 30.5 Å². The van der Waals surface area contributed by atoms with E-state index in [2.05, 4.69) is 29.6 Å². The van der Waals surface area contributed by atoms with Crippen molar-refractivity contribution >= 4 is 0 Å². The summed E-state index contributed by atoms with van der Waals surface area (Å²) >= 11 is 0. The Morgan fingerprint density at radius 3 is 2.80 bits per heavy atom. The van der Waals surface area contributed by atoms with Gasteiger partial charge in [0.1, 0.15) is 0 Å². The second kappa shape index (κ2) is 3.93. The molecule has 80 valence electrons. The van der Waals surface area contributed by atoms with E-state index in [1.807, 2.05) is 0 Å². The van der Waals surface area contributed by atoms with E-state index in [9.17, 15) is 0 Å². The van der Waals surface area contributed by atoms with Gasteiger partial charge in [-0.1, -0.05) is 24.3 Å². The van der Waals surface area contributed by atoms with Crippen molar-refractivity contribution in [1.29, 1.82) is 0 Å². The van der Waals surface area contributed by atoms with Crippen molar-refractivity contribution in [1.82, 2.24) is 5.32 Å². The summed E-state index contributed by atoms with van der Waals surface area (Å²) in [4.78, 5) is 0. The van der Waals surface area contributed by atoms with E-state index in [1.54, 1.807) is 0 Å². The molecule has 1 atom stereocenters. The Morgan fingerprint density at radius 2 is 1.93 bits per heavy atom. The van der Waals surface area contributed by atoms with Crippen LogP contribution in [0.1, 0.15) is 17.0 Å². The number of fused-ring (bicyclic) bond motifs is 1. The van der Waals surface area contributed by atoms with Crippen molar-refractivity contribution in [2.45, 2.75) is 18.8 Å². The molecular formula is C12H15NO2. The van der Waals surface area contributed by atoms with Crippen LogP contribution in [0.4, 0.5) is 0 Å². The number of nitrogens with one attached hydrogen (secondary N) is 1. The molecule has 0 aliphatic carbocycles. The summed E-state index contributed by atoms with van der Waals surface area (Å²) in [5.74, 6) is 0.345. The normalized spacial score (nSPS) is 26.5. The van der Waals surface area contributed by atoms with Gasteiger partial charge in [-0.15, -0.1) is 0 Å². The zero-order valence-corrected chi connectivity index (χ0v) is 8.61. The number of hydrogen-bond acceptors (Lipinski definition) is 3. The van der Waals surface area contributed by atoms with Crippen molar-refractivity contribution in [3.8, 4) is 0 Å². The minimum atomic E-state index is -0.0565. The molecule has 3 nitrogen and oxygen atoms in total. The van der Waals surface area contributed by atoms with E-state index in [-0.39, 0.29) is 6.29 Å². The molecule has 0 spiro atoms. The predicted octanol–water partition coefficient (Wildman–Crippen LogP) is 1.25. The molecule has 0 radical (unpaired) electrons. The van der Waals surface area contributed by atoms with Gasteiger partial charge in [0.25, 0.3) is 0 Å². The Bertz CT molecular complexity index is 347. The predicted molar refractivity (Wildman–Crippen MR) is 56.6 cm³/mol. The van der Waals surface area contributed by atoms with E-state index in [0.29, 0.717) is 5.92 Å². The number of hydrogen-bond donors (Lipinski definition) is 1. The highest BCUT2D eigenvalue weighted by Gasteiger charge is 2.31. The molecule has 1 aromatic carbocycles. The molecule has 0 aromatic heterocycles. The maximum Gasteiger partial charge on any atom is 0.165 e. The fraction of sp³-hybridized carbons (Fsp3) is 0.500. The van der Waals surface area contributed by atoms with Crippen LogP contribution in [0.5, 0.6) is 0 Å². The van der Waals surface area contributed by atoms with Crippen LogP contribution in [-0.4, -0.2) is 26.0 Å². The van der Waals surface area contributed by atoms with Gasteiger partial charge in [0.15, 0.2) is 6.29 Å². The van der Waals surface area contributed by atoms with Crippen LogP contribution in [0.15, 0.2) is 24.3 Å². The summed E-state index contributed by atoms with van der Waals surface area (Å²) in [6, 6.07) is 8.53. The summed E-state index contributed by atoms with van der Waals surface area (Å²) < 4.78 is 11.2. The van der Waals surface area contributed by atoms with Crippen LogP contribution >= 0.6 is 0 Å². The zero-order valence-electron chi connectivity index (χ0n) is 8.61. The Balaban J connectivity index is 1.91. The summed E-state index contributed by atoms with van der Waals surface area (Å²) in [5.41, 5.74) is 2.75. The van der Waals surface area contributed by atoms with Gasteiger partial charge in [-0.25, -0.2) is 0 Å². The van der Waals surface area contributed by atoms with Gasteiger partial charge >= 0.3 is 0 Å². The summed E-state index contributed by atoms with van der Waals surface area (Å²) in [6.45, 7) is 3.35. The van der Waals surface area contributed by atoms with Crippen molar-refractivity contribution in [2.75, 3.05) is 19.8 Å². The highest BCUT2D eigenvalue weighted by atomic mass is 16.7. The molecule has 1 N–H and O–H groups in total. The largest absolute Gasteiger partial charge is 0.350 e. The quantitative estimate of drug-likeness (QED) is 0.748. The molecule has 1 saturated heterocycles. The standard InChI is InChI=1S/C12H15NO2/c1-2-4-10-9(3-1)7-13-8-11(10)12-14-5-6-15-12/h1-4,11-13H,5-8H2. The van der Waals surface area contributed by atoms with Gasteiger partial charge in [0.05, 0.1) is 13.2 Å². The summed E-state index contributed by atoms with van der Waals surface area (Å²) in [6.07, 6.45) is -0.0565.